The van der Waals surface area contributed by atoms with Gasteiger partial charge in [0.05, 0.1) is 29.1 Å². The number of nitrogens with one attached hydrogen (secondary N) is 2. The highest BCUT2D eigenvalue weighted by Crippen LogP contribution is 2.38. The first-order valence-corrected chi connectivity index (χ1v) is 11.5. The summed E-state index contributed by atoms with van der Waals surface area (Å²) in [5, 5.41) is 6.38. The van der Waals surface area contributed by atoms with Crippen molar-refractivity contribution in [1.82, 2.24) is 4.90 Å². The van der Waals surface area contributed by atoms with E-state index in [4.69, 9.17) is 4.74 Å². The fourth-order valence-corrected chi connectivity index (χ4v) is 3.91. The Labute approximate surface area is 200 Å². The van der Waals surface area contributed by atoms with Crippen molar-refractivity contribution in [3.8, 4) is 0 Å². The van der Waals surface area contributed by atoms with Crippen LogP contribution in [0.15, 0.2) is 72.8 Å². The molecular weight excluding hydrogens is 426 g/mol. The lowest BCUT2D eigenvalue weighted by atomic mass is 9.99. The maximum Gasteiger partial charge on any atom is 0.338 e. The monoisotopic (exact) mass is 455 g/mol. The van der Waals surface area contributed by atoms with Crippen LogP contribution in [0.3, 0.4) is 0 Å². The number of esters is 1. The van der Waals surface area contributed by atoms with Crippen molar-refractivity contribution in [3.05, 3.63) is 95.1 Å². The minimum atomic E-state index is -0.410. The Morgan fingerprint density at radius 3 is 2.38 bits per heavy atom. The molecule has 1 amide bonds. The van der Waals surface area contributed by atoms with E-state index in [0.29, 0.717) is 29.1 Å². The zero-order valence-corrected chi connectivity index (χ0v) is 19.7. The van der Waals surface area contributed by atoms with Gasteiger partial charge in [-0.05, 0) is 55.9 Å². The second-order valence-electron chi connectivity index (χ2n) is 8.20. The van der Waals surface area contributed by atoms with Crippen LogP contribution in [-0.4, -0.2) is 37.0 Å². The zero-order chi connectivity index (χ0) is 24.1. The molecule has 0 saturated carbocycles. The quantitative estimate of drug-likeness (QED) is 0.359. The van der Waals surface area contributed by atoms with Gasteiger partial charge >= 0.3 is 5.97 Å². The van der Waals surface area contributed by atoms with E-state index in [-0.39, 0.29) is 5.91 Å². The molecule has 2 N–H and O–H groups in total. The molecule has 0 aromatic heterocycles. The molecule has 6 nitrogen and oxygen atoms in total. The van der Waals surface area contributed by atoms with Crippen molar-refractivity contribution in [2.75, 3.05) is 30.8 Å². The smallest absolute Gasteiger partial charge is 0.338 e. The maximum absolute atomic E-state index is 13.1. The lowest BCUT2D eigenvalue weighted by molar-refractivity contribution is -0.110. The number of carbonyl (C=O) groups excluding carboxylic acids is 2. The molecule has 0 spiro atoms. The average molecular weight is 456 g/mol. The second-order valence-corrected chi connectivity index (χ2v) is 8.20. The first-order valence-electron chi connectivity index (χ1n) is 11.5. The molecule has 0 fully saturated rings. The number of benzene rings is 3. The van der Waals surface area contributed by atoms with Gasteiger partial charge in [0.25, 0.3) is 5.91 Å². The van der Waals surface area contributed by atoms with Gasteiger partial charge in [0.2, 0.25) is 0 Å². The van der Waals surface area contributed by atoms with Crippen LogP contribution in [0.25, 0.3) is 11.3 Å². The molecule has 1 heterocycles. The number of hydrogen-bond donors (Lipinski definition) is 2. The van der Waals surface area contributed by atoms with E-state index < -0.39 is 5.97 Å². The standard InChI is InChI=1S/C28H29N3O3/c1-4-31(3)18-19-11-14-22(15-12-19)29-26(20-9-7-6-8-10-20)25-23-16-13-21(28(33)34-5-2)17-24(23)30-27(25)32/h6-17,29H,4-5,18H2,1-3H3,(H,30,32)/b26-25-. The molecule has 174 valence electrons. The number of carbonyl (C=O) groups is 2. The van der Waals surface area contributed by atoms with Gasteiger partial charge in [-0.15, -0.1) is 0 Å². The van der Waals surface area contributed by atoms with Crippen molar-refractivity contribution in [1.29, 1.82) is 0 Å². The van der Waals surface area contributed by atoms with E-state index >= 15 is 0 Å². The summed E-state index contributed by atoms with van der Waals surface area (Å²) >= 11 is 0. The SMILES string of the molecule is CCOC(=O)c1ccc2c(c1)NC(=O)/C2=C(\Nc1ccc(CN(C)CC)cc1)c1ccccc1. The molecule has 3 aromatic rings. The van der Waals surface area contributed by atoms with Gasteiger partial charge in [0.15, 0.2) is 0 Å². The molecule has 0 radical (unpaired) electrons. The van der Waals surface area contributed by atoms with E-state index in [2.05, 4.69) is 41.6 Å². The van der Waals surface area contributed by atoms with Crippen LogP contribution >= 0.6 is 0 Å². The minimum Gasteiger partial charge on any atom is -0.462 e. The van der Waals surface area contributed by atoms with E-state index in [0.717, 1.165) is 29.9 Å². The Balaban J connectivity index is 1.73. The van der Waals surface area contributed by atoms with E-state index in [1.165, 1.54) is 5.56 Å². The van der Waals surface area contributed by atoms with E-state index in [1.54, 1.807) is 25.1 Å². The first-order chi connectivity index (χ1) is 16.5. The van der Waals surface area contributed by atoms with Gasteiger partial charge in [-0.25, -0.2) is 4.79 Å². The molecular formula is C28H29N3O3. The number of ether oxygens (including phenoxy) is 1. The molecule has 0 bridgehead atoms. The van der Waals surface area contributed by atoms with Crippen LogP contribution in [0, 0.1) is 0 Å². The summed E-state index contributed by atoms with van der Waals surface area (Å²) in [6.45, 7) is 6.05. The summed E-state index contributed by atoms with van der Waals surface area (Å²) in [5.74, 6) is -0.629. The Morgan fingerprint density at radius 1 is 0.971 bits per heavy atom. The van der Waals surface area contributed by atoms with Crippen LogP contribution < -0.4 is 10.6 Å². The topological polar surface area (TPSA) is 70.7 Å². The Bertz CT molecular complexity index is 1220. The Morgan fingerprint density at radius 2 is 1.71 bits per heavy atom. The largest absolute Gasteiger partial charge is 0.462 e. The summed E-state index contributed by atoms with van der Waals surface area (Å²) in [7, 11) is 2.09. The summed E-state index contributed by atoms with van der Waals surface area (Å²) in [6, 6.07) is 23.2. The summed E-state index contributed by atoms with van der Waals surface area (Å²) in [6.07, 6.45) is 0. The molecule has 0 atom stereocenters. The van der Waals surface area contributed by atoms with Crippen molar-refractivity contribution < 1.29 is 14.3 Å². The third-order valence-electron chi connectivity index (χ3n) is 5.80. The lowest BCUT2D eigenvalue weighted by Gasteiger charge is -2.16. The fraction of sp³-hybridized carbons (Fsp3) is 0.214. The molecule has 0 aliphatic carbocycles. The van der Waals surface area contributed by atoms with Crippen LogP contribution in [0.2, 0.25) is 0 Å². The van der Waals surface area contributed by atoms with Crippen LogP contribution in [-0.2, 0) is 16.1 Å². The lowest BCUT2D eigenvalue weighted by Crippen LogP contribution is -2.16. The van der Waals surface area contributed by atoms with Crippen molar-refractivity contribution in [2.24, 2.45) is 0 Å². The third kappa shape index (κ3) is 5.02. The molecule has 6 heteroatoms. The van der Waals surface area contributed by atoms with Crippen molar-refractivity contribution >= 4 is 34.5 Å². The molecule has 1 aliphatic heterocycles. The van der Waals surface area contributed by atoms with Gasteiger partial charge in [-0.1, -0.05) is 55.5 Å². The minimum absolute atomic E-state index is 0.219. The zero-order valence-electron chi connectivity index (χ0n) is 19.7. The van der Waals surface area contributed by atoms with E-state index in [9.17, 15) is 9.59 Å². The number of hydrogen-bond acceptors (Lipinski definition) is 5. The van der Waals surface area contributed by atoms with Gasteiger partial charge in [-0.3, -0.25) is 4.79 Å². The molecule has 1 aliphatic rings. The molecule has 34 heavy (non-hydrogen) atoms. The first kappa shape index (κ1) is 23.3. The maximum atomic E-state index is 13.1. The molecule has 4 rings (SSSR count). The fourth-order valence-electron chi connectivity index (χ4n) is 3.91. The number of amides is 1. The normalized spacial score (nSPS) is 13.9. The van der Waals surface area contributed by atoms with Gasteiger partial charge in [-0.2, -0.15) is 0 Å². The van der Waals surface area contributed by atoms with Gasteiger partial charge in [0.1, 0.15) is 0 Å². The molecule has 3 aromatic carbocycles. The summed E-state index contributed by atoms with van der Waals surface area (Å²) in [4.78, 5) is 27.5. The number of anilines is 2. The highest BCUT2D eigenvalue weighted by atomic mass is 16.5. The van der Waals surface area contributed by atoms with Crippen molar-refractivity contribution in [2.45, 2.75) is 20.4 Å². The third-order valence-corrected chi connectivity index (χ3v) is 5.80. The second kappa shape index (κ2) is 10.4. The molecule has 0 unspecified atom stereocenters. The Hall–Kier alpha value is -3.90. The number of fused-ring (bicyclic) bond motifs is 1. The molecule has 0 saturated heterocycles. The number of nitrogens with zero attached hydrogens (tertiary/aromatic N) is 1. The van der Waals surface area contributed by atoms with Crippen LogP contribution in [0.5, 0.6) is 0 Å². The predicted octanol–water partition coefficient (Wildman–Crippen LogP) is 5.25. The highest BCUT2D eigenvalue weighted by molar-refractivity contribution is 6.37. The van der Waals surface area contributed by atoms with Crippen LogP contribution in [0.1, 0.15) is 40.9 Å². The van der Waals surface area contributed by atoms with Crippen LogP contribution in [0.4, 0.5) is 11.4 Å². The Kier molecular flexibility index (Phi) is 7.09. The van der Waals surface area contributed by atoms with E-state index in [1.807, 2.05) is 42.5 Å². The summed E-state index contributed by atoms with van der Waals surface area (Å²) in [5.41, 5.74) is 5.99. The summed E-state index contributed by atoms with van der Waals surface area (Å²) < 4.78 is 5.10. The van der Waals surface area contributed by atoms with Gasteiger partial charge < -0.3 is 20.3 Å². The highest BCUT2D eigenvalue weighted by Gasteiger charge is 2.29. The number of rotatable bonds is 8. The van der Waals surface area contributed by atoms with Gasteiger partial charge in [0, 0.05) is 17.8 Å². The van der Waals surface area contributed by atoms with Crippen molar-refractivity contribution in [3.63, 3.8) is 0 Å². The average Bonchev–Trinajstić information content (AvgIpc) is 3.18. The predicted molar refractivity (Wildman–Crippen MR) is 136 cm³/mol.